The lowest BCUT2D eigenvalue weighted by Gasteiger charge is -2.13. The molecule has 1 rings (SSSR count). The van der Waals surface area contributed by atoms with Gasteiger partial charge in [-0.25, -0.2) is 0 Å². The molecule has 1 aromatic rings. The molecule has 0 aliphatic carbocycles. The van der Waals surface area contributed by atoms with Crippen LogP contribution in [-0.4, -0.2) is 25.6 Å². The van der Waals surface area contributed by atoms with Gasteiger partial charge in [-0.2, -0.15) is 0 Å². The quantitative estimate of drug-likeness (QED) is 0.806. The average molecular weight is 250 g/mol. The molecule has 0 atom stereocenters. The minimum Gasteiger partial charge on any atom is -0.491 e. The first-order chi connectivity index (χ1) is 8.52. The topological polar surface area (TPSA) is 50.4 Å². The van der Waals surface area contributed by atoms with E-state index >= 15 is 0 Å². The summed E-state index contributed by atoms with van der Waals surface area (Å²) in [7, 11) is 1.75. The van der Waals surface area contributed by atoms with Gasteiger partial charge in [0.1, 0.15) is 5.75 Å². The summed E-state index contributed by atoms with van der Waals surface area (Å²) in [6.45, 7) is 6.91. The van der Waals surface area contributed by atoms with Crippen LogP contribution in [0.5, 0.6) is 5.75 Å². The highest BCUT2D eigenvalue weighted by Crippen LogP contribution is 2.20. The van der Waals surface area contributed by atoms with Gasteiger partial charge in [0.05, 0.1) is 12.6 Å². The lowest BCUT2D eigenvalue weighted by molar-refractivity contribution is -0.120. The highest BCUT2D eigenvalue weighted by Gasteiger charge is 2.04. The molecule has 18 heavy (non-hydrogen) atoms. The summed E-state index contributed by atoms with van der Waals surface area (Å²) < 4.78 is 5.67. The molecule has 4 nitrogen and oxygen atoms in total. The molecule has 0 radical (unpaired) electrons. The minimum absolute atomic E-state index is 0.00217. The van der Waals surface area contributed by atoms with Crippen LogP contribution >= 0.6 is 0 Å². The second kappa shape index (κ2) is 7.01. The first-order valence-corrected chi connectivity index (χ1v) is 6.20. The van der Waals surface area contributed by atoms with Crippen LogP contribution in [0.2, 0.25) is 0 Å². The van der Waals surface area contributed by atoms with Gasteiger partial charge in [-0.15, -0.1) is 0 Å². The summed E-state index contributed by atoms with van der Waals surface area (Å²) in [5.74, 6) is 0.896. The Bertz CT molecular complexity index is 403. The first kappa shape index (κ1) is 14.5. The SMILES string of the molecule is CNCC(=O)NCc1ccc(OC(C)C)c(C)c1. The molecule has 0 saturated carbocycles. The van der Waals surface area contributed by atoms with Crippen LogP contribution in [-0.2, 0) is 11.3 Å². The van der Waals surface area contributed by atoms with Crippen LogP contribution in [0.15, 0.2) is 18.2 Å². The summed E-state index contributed by atoms with van der Waals surface area (Å²) in [6, 6.07) is 5.97. The largest absolute Gasteiger partial charge is 0.491 e. The highest BCUT2D eigenvalue weighted by molar-refractivity contribution is 5.77. The van der Waals surface area contributed by atoms with E-state index in [1.165, 1.54) is 0 Å². The summed E-state index contributed by atoms with van der Waals surface area (Å²) in [5.41, 5.74) is 2.16. The van der Waals surface area contributed by atoms with Crippen molar-refractivity contribution in [2.75, 3.05) is 13.6 Å². The van der Waals surface area contributed by atoms with E-state index in [1.54, 1.807) is 7.05 Å². The van der Waals surface area contributed by atoms with Crippen molar-refractivity contribution in [1.29, 1.82) is 0 Å². The van der Waals surface area contributed by atoms with Gasteiger partial charge >= 0.3 is 0 Å². The van der Waals surface area contributed by atoms with Crippen molar-refractivity contribution in [3.05, 3.63) is 29.3 Å². The van der Waals surface area contributed by atoms with E-state index in [4.69, 9.17) is 4.74 Å². The van der Waals surface area contributed by atoms with E-state index in [0.29, 0.717) is 13.1 Å². The van der Waals surface area contributed by atoms with Gasteiger partial charge in [-0.3, -0.25) is 4.79 Å². The smallest absolute Gasteiger partial charge is 0.234 e. The van der Waals surface area contributed by atoms with Crippen LogP contribution in [0.1, 0.15) is 25.0 Å². The van der Waals surface area contributed by atoms with E-state index in [0.717, 1.165) is 16.9 Å². The van der Waals surface area contributed by atoms with Crippen LogP contribution in [0, 0.1) is 6.92 Å². The van der Waals surface area contributed by atoms with Crippen molar-refractivity contribution in [3.8, 4) is 5.75 Å². The molecule has 0 aliphatic rings. The van der Waals surface area contributed by atoms with Gasteiger partial charge < -0.3 is 15.4 Å². The number of nitrogens with one attached hydrogen (secondary N) is 2. The minimum atomic E-state index is -0.00217. The van der Waals surface area contributed by atoms with Gasteiger partial charge in [-0.05, 0) is 45.0 Å². The Morgan fingerprint density at radius 3 is 2.67 bits per heavy atom. The fraction of sp³-hybridized carbons (Fsp3) is 0.500. The van der Waals surface area contributed by atoms with Crippen molar-refractivity contribution >= 4 is 5.91 Å². The predicted octanol–water partition coefficient (Wildman–Crippen LogP) is 1.62. The average Bonchev–Trinajstić information content (AvgIpc) is 2.29. The van der Waals surface area contributed by atoms with Gasteiger partial charge in [0.25, 0.3) is 0 Å². The van der Waals surface area contributed by atoms with E-state index in [-0.39, 0.29) is 12.0 Å². The Labute approximate surface area is 109 Å². The molecule has 4 heteroatoms. The third-order valence-electron chi connectivity index (χ3n) is 2.43. The number of benzene rings is 1. The number of carbonyl (C=O) groups is 1. The maximum Gasteiger partial charge on any atom is 0.234 e. The molecule has 0 heterocycles. The maximum atomic E-state index is 11.3. The normalized spacial score (nSPS) is 10.5. The Morgan fingerprint density at radius 1 is 1.39 bits per heavy atom. The molecule has 0 unspecified atom stereocenters. The van der Waals surface area contributed by atoms with E-state index in [9.17, 15) is 4.79 Å². The number of hydrogen-bond acceptors (Lipinski definition) is 3. The van der Waals surface area contributed by atoms with E-state index in [1.807, 2.05) is 39.0 Å². The molecule has 0 fully saturated rings. The van der Waals surface area contributed by atoms with Gasteiger partial charge in [-0.1, -0.05) is 12.1 Å². The molecule has 1 aromatic carbocycles. The van der Waals surface area contributed by atoms with Gasteiger partial charge in [0.2, 0.25) is 5.91 Å². The molecular formula is C14H22N2O2. The number of ether oxygens (including phenoxy) is 1. The molecule has 0 saturated heterocycles. The molecule has 1 amide bonds. The number of likely N-dealkylation sites (N-methyl/N-ethyl adjacent to an activating group) is 1. The number of hydrogen-bond donors (Lipinski definition) is 2. The number of rotatable bonds is 6. The van der Waals surface area contributed by atoms with Crippen molar-refractivity contribution in [1.82, 2.24) is 10.6 Å². The highest BCUT2D eigenvalue weighted by atomic mass is 16.5. The van der Waals surface area contributed by atoms with Crippen LogP contribution in [0.3, 0.4) is 0 Å². The third-order valence-corrected chi connectivity index (χ3v) is 2.43. The summed E-state index contributed by atoms with van der Waals surface area (Å²) in [6.07, 6.45) is 0.171. The Balaban J connectivity index is 2.58. The fourth-order valence-corrected chi connectivity index (χ4v) is 1.63. The zero-order chi connectivity index (χ0) is 13.5. The van der Waals surface area contributed by atoms with Crippen molar-refractivity contribution in [3.63, 3.8) is 0 Å². The zero-order valence-corrected chi connectivity index (χ0v) is 11.5. The maximum absolute atomic E-state index is 11.3. The van der Waals surface area contributed by atoms with E-state index < -0.39 is 0 Å². The number of carbonyl (C=O) groups excluding carboxylic acids is 1. The van der Waals surface area contributed by atoms with Crippen LogP contribution in [0.4, 0.5) is 0 Å². The monoisotopic (exact) mass is 250 g/mol. The predicted molar refractivity (Wildman–Crippen MR) is 72.7 cm³/mol. The fourth-order valence-electron chi connectivity index (χ4n) is 1.63. The standard InChI is InChI=1S/C14H22N2O2/c1-10(2)18-13-6-5-12(7-11(13)3)8-16-14(17)9-15-4/h5-7,10,15H,8-9H2,1-4H3,(H,16,17). The molecular weight excluding hydrogens is 228 g/mol. The van der Waals surface area contributed by atoms with Crippen molar-refractivity contribution in [2.24, 2.45) is 0 Å². The third kappa shape index (κ3) is 4.75. The van der Waals surface area contributed by atoms with Gasteiger partial charge in [0, 0.05) is 6.54 Å². The van der Waals surface area contributed by atoms with Crippen LogP contribution in [0.25, 0.3) is 0 Å². The summed E-state index contributed by atoms with van der Waals surface area (Å²) in [5, 5.41) is 5.66. The van der Waals surface area contributed by atoms with Crippen LogP contribution < -0.4 is 15.4 Å². The Kier molecular flexibility index (Phi) is 5.65. The Morgan fingerprint density at radius 2 is 2.11 bits per heavy atom. The number of amides is 1. The molecule has 0 spiro atoms. The van der Waals surface area contributed by atoms with Crippen molar-refractivity contribution < 1.29 is 9.53 Å². The Hall–Kier alpha value is -1.55. The molecule has 100 valence electrons. The molecule has 2 N–H and O–H groups in total. The number of aryl methyl sites for hydroxylation is 1. The first-order valence-electron chi connectivity index (χ1n) is 6.20. The van der Waals surface area contributed by atoms with Crippen molar-refractivity contribution in [2.45, 2.75) is 33.4 Å². The second-order valence-corrected chi connectivity index (χ2v) is 4.57. The second-order valence-electron chi connectivity index (χ2n) is 4.57. The van der Waals surface area contributed by atoms with Gasteiger partial charge in [0.15, 0.2) is 0 Å². The lowest BCUT2D eigenvalue weighted by Crippen LogP contribution is -2.31. The summed E-state index contributed by atoms with van der Waals surface area (Å²) >= 11 is 0. The molecule has 0 bridgehead atoms. The molecule has 0 aliphatic heterocycles. The van der Waals surface area contributed by atoms with E-state index in [2.05, 4.69) is 10.6 Å². The molecule has 0 aromatic heterocycles. The lowest BCUT2D eigenvalue weighted by atomic mass is 10.1. The summed E-state index contributed by atoms with van der Waals surface area (Å²) in [4.78, 5) is 11.3. The zero-order valence-electron chi connectivity index (χ0n) is 11.5.